The molecule has 2 aromatic rings. The van der Waals surface area contributed by atoms with Crippen molar-refractivity contribution in [1.29, 1.82) is 0 Å². The molecule has 0 aliphatic heterocycles. The molecule has 0 radical (unpaired) electrons. The molecule has 2 rings (SSSR count). The third-order valence-electron chi connectivity index (χ3n) is 2.92. The molecule has 0 saturated heterocycles. The summed E-state index contributed by atoms with van der Waals surface area (Å²) in [5, 5.41) is 11.8. The Hall–Kier alpha value is -2.50. The Bertz CT molecular complexity index is 664. The normalized spacial score (nSPS) is 11.2. The van der Waals surface area contributed by atoms with Gasteiger partial charge in [-0.15, -0.1) is 0 Å². The van der Waals surface area contributed by atoms with Crippen LogP contribution in [0.5, 0.6) is 5.75 Å². The van der Waals surface area contributed by atoms with Crippen molar-refractivity contribution in [3.63, 3.8) is 0 Å². The number of alkyl halides is 3. The Morgan fingerprint density at radius 2 is 1.71 bits per heavy atom. The van der Waals surface area contributed by atoms with Gasteiger partial charge in [-0.3, -0.25) is 4.79 Å². The van der Waals surface area contributed by atoms with Crippen molar-refractivity contribution in [2.24, 2.45) is 0 Å². The number of aromatic hydroxyl groups is 1. The number of nitrogens with one attached hydrogen (secondary N) is 1. The highest BCUT2D eigenvalue weighted by Gasteiger charge is 2.30. The average molecular weight is 295 g/mol. The molecule has 110 valence electrons. The van der Waals surface area contributed by atoms with Crippen LogP contribution >= 0.6 is 0 Å². The fourth-order valence-corrected chi connectivity index (χ4v) is 1.84. The predicted molar refractivity (Wildman–Crippen MR) is 72.2 cm³/mol. The summed E-state index contributed by atoms with van der Waals surface area (Å²) in [6.45, 7) is 1.65. The van der Waals surface area contributed by atoms with Crippen LogP contribution in [0.25, 0.3) is 0 Å². The van der Waals surface area contributed by atoms with E-state index in [1.54, 1.807) is 6.92 Å². The van der Waals surface area contributed by atoms with Gasteiger partial charge in [0.15, 0.2) is 0 Å². The van der Waals surface area contributed by atoms with Gasteiger partial charge in [-0.05, 0) is 55.0 Å². The van der Waals surface area contributed by atoms with Gasteiger partial charge in [0, 0.05) is 11.3 Å². The zero-order chi connectivity index (χ0) is 15.6. The summed E-state index contributed by atoms with van der Waals surface area (Å²) in [6, 6.07) is 8.44. The molecule has 0 unspecified atom stereocenters. The standard InChI is InChI=1S/C15H12F3NO2/c1-9-8-12(20)6-7-13(9)14(21)19-11-4-2-10(3-5-11)15(16,17)18/h2-8,20H,1H3,(H,19,21). The first-order chi connectivity index (χ1) is 9.77. The SMILES string of the molecule is Cc1cc(O)ccc1C(=O)Nc1ccc(C(F)(F)F)cc1. The minimum Gasteiger partial charge on any atom is -0.508 e. The average Bonchev–Trinajstić information content (AvgIpc) is 2.38. The number of phenolic OH excluding ortho intramolecular Hbond substituents is 1. The van der Waals surface area contributed by atoms with E-state index < -0.39 is 17.6 Å². The molecule has 2 aromatic carbocycles. The number of hydrogen-bond donors (Lipinski definition) is 2. The lowest BCUT2D eigenvalue weighted by molar-refractivity contribution is -0.137. The van der Waals surface area contributed by atoms with Crippen LogP contribution in [-0.2, 0) is 6.18 Å². The smallest absolute Gasteiger partial charge is 0.416 e. The van der Waals surface area contributed by atoms with Gasteiger partial charge < -0.3 is 10.4 Å². The van der Waals surface area contributed by atoms with E-state index in [9.17, 15) is 23.1 Å². The molecule has 0 aromatic heterocycles. The second-order valence-corrected chi connectivity index (χ2v) is 4.53. The fraction of sp³-hybridized carbons (Fsp3) is 0.133. The highest BCUT2D eigenvalue weighted by atomic mass is 19.4. The zero-order valence-electron chi connectivity index (χ0n) is 11.0. The second-order valence-electron chi connectivity index (χ2n) is 4.53. The van der Waals surface area contributed by atoms with E-state index in [0.29, 0.717) is 11.1 Å². The van der Waals surface area contributed by atoms with Gasteiger partial charge in [0.2, 0.25) is 0 Å². The van der Waals surface area contributed by atoms with Gasteiger partial charge in [0.05, 0.1) is 5.56 Å². The number of carbonyl (C=O) groups excluding carboxylic acids is 1. The van der Waals surface area contributed by atoms with Crippen LogP contribution < -0.4 is 5.32 Å². The third kappa shape index (κ3) is 3.53. The molecule has 0 bridgehead atoms. The number of halogens is 3. The molecule has 1 amide bonds. The molecule has 0 saturated carbocycles. The third-order valence-corrected chi connectivity index (χ3v) is 2.92. The van der Waals surface area contributed by atoms with Crippen molar-refractivity contribution in [1.82, 2.24) is 0 Å². The van der Waals surface area contributed by atoms with Gasteiger partial charge in [0.1, 0.15) is 5.75 Å². The molecule has 0 atom stereocenters. The van der Waals surface area contributed by atoms with E-state index in [2.05, 4.69) is 5.32 Å². The van der Waals surface area contributed by atoms with E-state index in [4.69, 9.17) is 0 Å². The summed E-state index contributed by atoms with van der Waals surface area (Å²) in [7, 11) is 0. The van der Waals surface area contributed by atoms with Gasteiger partial charge in [0.25, 0.3) is 5.91 Å². The maximum absolute atomic E-state index is 12.4. The fourth-order valence-electron chi connectivity index (χ4n) is 1.84. The zero-order valence-corrected chi connectivity index (χ0v) is 11.0. The van der Waals surface area contributed by atoms with Crippen LogP contribution in [0, 0.1) is 6.92 Å². The quantitative estimate of drug-likeness (QED) is 0.880. The number of benzene rings is 2. The molecule has 0 fully saturated rings. The Morgan fingerprint density at radius 1 is 1.10 bits per heavy atom. The Labute approximate surface area is 119 Å². The first kappa shape index (κ1) is 14.9. The molecular weight excluding hydrogens is 283 g/mol. The molecule has 6 heteroatoms. The first-order valence-corrected chi connectivity index (χ1v) is 6.05. The van der Waals surface area contributed by atoms with Crippen molar-refractivity contribution in [2.75, 3.05) is 5.32 Å². The number of amides is 1. The summed E-state index contributed by atoms with van der Waals surface area (Å²) < 4.78 is 37.3. The lowest BCUT2D eigenvalue weighted by atomic mass is 10.1. The van der Waals surface area contributed by atoms with Crippen LogP contribution in [0.2, 0.25) is 0 Å². The van der Waals surface area contributed by atoms with Crippen LogP contribution in [-0.4, -0.2) is 11.0 Å². The lowest BCUT2D eigenvalue weighted by Gasteiger charge is -2.10. The Morgan fingerprint density at radius 3 is 2.24 bits per heavy atom. The number of hydrogen-bond acceptors (Lipinski definition) is 2. The van der Waals surface area contributed by atoms with E-state index in [0.717, 1.165) is 12.1 Å². The van der Waals surface area contributed by atoms with Gasteiger partial charge in [-0.25, -0.2) is 0 Å². The number of aryl methyl sites for hydroxylation is 1. The number of phenols is 1. The predicted octanol–water partition coefficient (Wildman–Crippen LogP) is 3.97. The van der Waals surface area contributed by atoms with Gasteiger partial charge >= 0.3 is 6.18 Å². The van der Waals surface area contributed by atoms with Gasteiger partial charge in [-0.1, -0.05) is 0 Å². The second kappa shape index (κ2) is 5.47. The Balaban J connectivity index is 2.16. The lowest BCUT2D eigenvalue weighted by Crippen LogP contribution is -2.13. The summed E-state index contributed by atoms with van der Waals surface area (Å²) in [4.78, 5) is 12.0. The Kier molecular flexibility index (Phi) is 3.88. The summed E-state index contributed by atoms with van der Waals surface area (Å²) in [5.41, 5.74) is 0.397. The highest BCUT2D eigenvalue weighted by molar-refractivity contribution is 6.05. The van der Waals surface area contributed by atoms with E-state index >= 15 is 0 Å². The van der Waals surface area contributed by atoms with Crippen molar-refractivity contribution in [3.05, 3.63) is 59.2 Å². The number of rotatable bonds is 2. The van der Waals surface area contributed by atoms with Crippen LogP contribution in [0.4, 0.5) is 18.9 Å². The highest BCUT2D eigenvalue weighted by Crippen LogP contribution is 2.30. The molecule has 0 aliphatic rings. The molecule has 0 heterocycles. The molecule has 2 N–H and O–H groups in total. The molecule has 0 aliphatic carbocycles. The minimum atomic E-state index is -4.41. The van der Waals surface area contributed by atoms with Crippen molar-refractivity contribution in [2.45, 2.75) is 13.1 Å². The van der Waals surface area contributed by atoms with Crippen molar-refractivity contribution in [3.8, 4) is 5.75 Å². The largest absolute Gasteiger partial charge is 0.508 e. The summed E-state index contributed by atoms with van der Waals surface area (Å²) >= 11 is 0. The van der Waals surface area contributed by atoms with Crippen LogP contribution in [0.1, 0.15) is 21.5 Å². The van der Waals surface area contributed by atoms with Crippen LogP contribution in [0.3, 0.4) is 0 Å². The van der Waals surface area contributed by atoms with E-state index in [1.807, 2.05) is 0 Å². The van der Waals surface area contributed by atoms with E-state index in [1.165, 1.54) is 30.3 Å². The maximum atomic E-state index is 12.4. The summed E-state index contributed by atoms with van der Waals surface area (Å²) in [6.07, 6.45) is -4.41. The van der Waals surface area contributed by atoms with Gasteiger partial charge in [-0.2, -0.15) is 13.2 Å². The summed E-state index contributed by atoms with van der Waals surface area (Å²) in [5.74, 6) is -0.411. The van der Waals surface area contributed by atoms with Crippen LogP contribution in [0.15, 0.2) is 42.5 Å². The molecule has 3 nitrogen and oxygen atoms in total. The molecule has 21 heavy (non-hydrogen) atoms. The topological polar surface area (TPSA) is 49.3 Å². The van der Waals surface area contributed by atoms with E-state index in [-0.39, 0.29) is 11.4 Å². The number of carbonyl (C=O) groups is 1. The monoisotopic (exact) mass is 295 g/mol. The number of anilines is 1. The van der Waals surface area contributed by atoms with Crippen molar-refractivity contribution >= 4 is 11.6 Å². The molecular formula is C15H12F3NO2. The van der Waals surface area contributed by atoms with Crippen molar-refractivity contribution < 1.29 is 23.1 Å². The maximum Gasteiger partial charge on any atom is 0.416 e. The minimum absolute atomic E-state index is 0.0404. The first-order valence-electron chi connectivity index (χ1n) is 6.05. The molecule has 0 spiro atoms.